The second-order valence-electron chi connectivity index (χ2n) is 10.2. The van der Waals surface area contributed by atoms with E-state index < -0.39 is 5.67 Å². The number of likely N-dealkylation sites (tertiary alicyclic amines) is 1. The van der Waals surface area contributed by atoms with E-state index in [4.69, 9.17) is 4.99 Å². The van der Waals surface area contributed by atoms with Gasteiger partial charge in [0.25, 0.3) is 0 Å². The van der Waals surface area contributed by atoms with Gasteiger partial charge in [-0.2, -0.15) is 0 Å². The van der Waals surface area contributed by atoms with Crippen LogP contribution in [-0.2, 0) is 12.2 Å². The zero-order valence-corrected chi connectivity index (χ0v) is 20.5. The third kappa shape index (κ3) is 5.25. The second-order valence-corrected chi connectivity index (χ2v) is 10.2. The van der Waals surface area contributed by atoms with Crippen molar-refractivity contribution >= 4 is 11.5 Å². The molecule has 35 heavy (non-hydrogen) atoms. The largest absolute Gasteiger partial charge is 0.300 e. The summed E-state index contributed by atoms with van der Waals surface area (Å²) in [5.41, 5.74) is 5.15. The molecule has 5 rings (SSSR count). The number of benzene rings is 2. The van der Waals surface area contributed by atoms with Crippen molar-refractivity contribution in [3.8, 4) is 0 Å². The number of carbonyl (C=O) groups excluding carboxylic acids is 1. The van der Waals surface area contributed by atoms with Crippen LogP contribution in [0.1, 0.15) is 64.5 Å². The Labute approximate surface area is 206 Å². The van der Waals surface area contributed by atoms with Crippen molar-refractivity contribution in [3.63, 3.8) is 0 Å². The summed E-state index contributed by atoms with van der Waals surface area (Å²) in [5, 5.41) is 0. The molecular formula is C30H32FN3O. The number of Topliss-reactive ketones (excluding diaryl/α,β-unsaturated/α-hetero) is 1. The molecule has 2 aromatic carbocycles. The number of hydrogen-bond donors (Lipinski definition) is 0. The zero-order valence-electron chi connectivity index (χ0n) is 20.5. The van der Waals surface area contributed by atoms with Crippen molar-refractivity contribution in [2.24, 2.45) is 10.9 Å². The molecule has 2 atom stereocenters. The molecule has 0 aliphatic carbocycles. The predicted molar refractivity (Wildman–Crippen MR) is 138 cm³/mol. The van der Waals surface area contributed by atoms with Crippen LogP contribution in [0.15, 0.2) is 71.9 Å². The molecule has 3 heterocycles. The highest BCUT2D eigenvalue weighted by atomic mass is 19.1. The highest BCUT2D eigenvalue weighted by Crippen LogP contribution is 2.30. The summed E-state index contributed by atoms with van der Waals surface area (Å²) in [4.78, 5) is 24.5. The van der Waals surface area contributed by atoms with Crippen molar-refractivity contribution in [1.29, 1.82) is 0 Å². The summed E-state index contributed by atoms with van der Waals surface area (Å²) in [6.07, 6.45) is 4.29. The van der Waals surface area contributed by atoms with Gasteiger partial charge < -0.3 is 0 Å². The molecule has 180 valence electrons. The van der Waals surface area contributed by atoms with Gasteiger partial charge in [-0.05, 0) is 68.5 Å². The third-order valence-corrected chi connectivity index (χ3v) is 7.24. The van der Waals surface area contributed by atoms with Crippen LogP contribution in [0.25, 0.3) is 0 Å². The second kappa shape index (κ2) is 9.82. The first-order chi connectivity index (χ1) is 16.9. The van der Waals surface area contributed by atoms with Gasteiger partial charge >= 0.3 is 0 Å². The van der Waals surface area contributed by atoms with Crippen LogP contribution in [0.5, 0.6) is 0 Å². The van der Waals surface area contributed by atoms with Crippen LogP contribution >= 0.6 is 0 Å². The lowest BCUT2D eigenvalue weighted by Crippen LogP contribution is -2.42. The summed E-state index contributed by atoms with van der Waals surface area (Å²) in [7, 11) is 0. The third-order valence-electron chi connectivity index (χ3n) is 7.24. The number of aromatic nitrogens is 1. The Morgan fingerprint density at radius 2 is 1.97 bits per heavy atom. The molecule has 1 fully saturated rings. The molecule has 0 spiro atoms. The number of halogens is 1. The topological polar surface area (TPSA) is 45.6 Å². The highest BCUT2D eigenvalue weighted by Gasteiger charge is 2.32. The number of alkyl halides is 1. The van der Waals surface area contributed by atoms with E-state index in [1.807, 2.05) is 67.6 Å². The summed E-state index contributed by atoms with van der Waals surface area (Å²) in [6, 6.07) is 19.4. The number of piperidine rings is 1. The molecule has 0 amide bonds. The average molecular weight is 470 g/mol. The Bertz CT molecular complexity index is 1250. The van der Waals surface area contributed by atoms with Crippen LogP contribution in [0.2, 0.25) is 0 Å². The van der Waals surface area contributed by atoms with Gasteiger partial charge in [0, 0.05) is 48.1 Å². The first-order valence-electron chi connectivity index (χ1n) is 12.5. The Kier molecular flexibility index (Phi) is 6.61. The predicted octanol–water partition coefficient (Wildman–Crippen LogP) is 5.91. The SMILES string of the molecule is Cc1cc(C2=NCc3ccc(C(=O)C[C@@H]4CCCN(CC(C)(F)c5ccccc5)C4)cc32)ccn1. The lowest BCUT2D eigenvalue weighted by atomic mass is 9.88. The monoisotopic (exact) mass is 469 g/mol. The van der Waals surface area contributed by atoms with Crippen LogP contribution in [0.3, 0.4) is 0 Å². The van der Waals surface area contributed by atoms with Gasteiger partial charge in [-0.3, -0.25) is 19.7 Å². The van der Waals surface area contributed by atoms with Gasteiger partial charge in [0.05, 0.1) is 12.3 Å². The smallest absolute Gasteiger partial charge is 0.163 e. The highest BCUT2D eigenvalue weighted by molar-refractivity contribution is 6.16. The van der Waals surface area contributed by atoms with E-state index in [0.29, 0.717) is 25.1 Å². The molecule has 2 aliphatic heterocycles. The minimum Gasteiger partial charge on any atom is -0.300 e. The maximum absolute atomic E-state index is 15.5. The number of fused-ring (bicyclic) bond motifs is 1. The lowest BCUT2D eigenvalue weighted by Gasteiger charge is -2.36. The molecule has 2 aliphatic rings. The summed E-state index contributed by atoms with van der Waals surface area (Å²) in [6.45, 7) is 6.25. The van der Waals surface area contributed by atoms with Crippen LogP contribution in [-0.4, -0.2) is 41.0 Å². The molecule has 0 radical (unpaired) electrons. The fourth-order valence-electron chi connectivity index (χ4n) is 5.44. The van der Waals surface area contributed by atoms with E-state index in [0.717, 1.165) is 59.6 Å². The van der Waals surface area contributed by atoms with Crippen LogP contribution in [0.4, 0.5) is 4.39 Å². The molecule has 0 N–H and O–H groups in total. The first-order valence-corrected chi connectivity index (χ1v) is 12.5. The standard InChI is InChI=1S/C30H32FN3O/c1-21-15-24(12-13-32-21)29-27-17-23(10-11-25(27)18-33-29)28(35)16-22-7-6-14-34(19-22)20-30(2,31)26-8-4-3-5-9-26/h3-5,8-13,15,17,22H,6-7,14,16,18-20H2,1-2H3/t22-,30?/m0/s1. The van der Waals surface area contributed by atoms with Crippen LogP contribution < -0.4 is 0 Å². The number of aliphatic imine (C=N–C) groups is 1. The maximum Gasteiger partial charge on any atom is 0.163 e. The molecular weight excluding hydrogens is 437 g/mol. The van der Waals surface area contributed by atoms with Crippen molar-refractivity contribution in [2.45, 2.75) is 45.3 Å². The molecule has 0 saturated carbocycles. The molecule has 1 aromatic heterocycles. The summed E-state index contributed by atoms with van der Waals surface area (Å²) < 4.78 is 15.5. The number of carbonyl (C=O) groups is 1. The van der Waals surface area contributed by atoms with Gasteiger partial charge in [-0.1, -0.05) is 42.5 Å². The van der Waals surface area contributed by atoms with Crippen molar-refractivity contribution in [2.75, 3.05) is 19.6 Å². The molecule has 0 bridgehead atoms. The van der Waals surface area contributed by atoms with Crippen LogP contribution in [0, 0.1) is 12.8 Å². The molecule has 1 unspecified atom stereocenters. The van der Waals surface area contributed by atoms with Crippen molar-refractivity contribution < 1.29 is 9.18 Å². The number of nitrogens with zero attached hydrogens (tertiary/aromatic N) is 3. The quantitative estimate of drug-likeness (QED) is 0.404. The van der Waals surface area contributed by atoms with Gasteiger partial charge in [0.2, 0.25) is 0 Å². The normalized spacial score (nSPS) is 19.6. The Balaban J connectivity index is 1.26. The van der Waals surface area contributed by atoms with E-state index in [1.54, 1.807) is 13.1 Å². The Morgan fingerprint density at radius 1 is 1.14 bits per heavy atom. The maximum atomic E-state index is 15.5. The number of aryl methyl sites for hydroxylation is 1. The van der Waals surface area contributed by atoms with Crippen molar-refractivity contribution in [3.05, 3.63) is 100 Å². The average Bonchev–Trinajstić information content (AvgIpc) is 3.28. The number of ketones is 1. The minimum absolute atomic E-state index is 0.155. The van der Waals surface area contributed by atoms with E-state index in [2.05, 4.69) is 9.88 Å². The molecule has 1 saturated heterocycles. The van der Waals surface area contributed by atoms with E-state index in [1.165, 1.54) is 0 Å². The first kappa shape index (κ1) is 23.6. The van der Waals surface area contributed by atoms with Gasteiger partial charge in [-0.15, -0.1) is 0 Å². The number of pyridine rings is 1. The van der Waals surface area contributed by atoms with Crippen molar-refractivity contribution in [1.82, 2.24) is 9.88 Å². The van der Waals surface area contributed by atoms with E-state index in [9.17, 15) is 4.79 Å². The fraction of sp³-hybridized carbons (Fsp3) is 0.367. The number of hydrogen-bond acceptors (Lipinski definition) is 4. The Morgan fingerprint density at radius 3 is 2.77 bits per heavy atom. The van der Waals surface area contributed by atoms with E-state index in [-0.39, 0.29) is 11.7 Å². The summed E-state index contributed by atoms with van der Waals surface area (Å²) in [5.74, 6) is 0.398. The molecule has 4 nitrogen and oxygen atoms in total. The van der Waals surface area contributed by atoms with Gasteiger partial charge in [0.15, 0.2) is 5.78 Å². The Hall–Kier alpha value is -3.18. The minimum atomic E-state index is -1.41. The number of rotatable bonds is 7. The zero-order chi connectivity index (χ0) is 24.4. The fourth-order valence-corrected chi connectivity index (χ4v) is 5.44. The van der Waals surface area contributed by atoms with Gasteiger partial charge in [-0.25, -0.2) is 4.39 Å². The van der Waals surface area contributed by atoms with E-state index >= 15 is 4.39 Å². The molecule has 5 heteroatoms. The lowest BCUT2D eigenvalue weighted by molar-refractivity contribution is 0.0702. The van der Waals surface area contributed by atoms with Gasteiger partial charge in [0.1, 0.15) is 5.67 Å². The summed E-state index contributed by atoms with van der Waals surface area (Å²) >= 11 is 0. The molecule has 3 aromatic rings.